The lowest BCUT2D eigenvalue weighted by molar-refractivity contribution is -0.123. The Kier molecular flexibility index (Phi) is 3.42. The molecule has 2 N–H and O–H groups in total. The molecule has 1 aromatic rings. The fourth-order valence-corrected chi connectivity index (χ4v) is 1.80. The van der Waals surface area contributed by atoms with Gasteiger partial charge in [-0.1, -0.05) is 13.8 Å². The maximum absolute atomic E-state index is 11.1. The van der Waals surface area contributed by atoms with Gasteiger partial charge in [0.05, 0.1) is 11.2 Å². The zero-order chi connectivity index (χ0) is 9.84. The number of hydrogen-bond acceptors (Lipinski definition) is 3. The zero-order valence-corrected chi connectivity index (χ0v) is 8.67. The van der Waals surface area contributed by atoms with Crippen LogP contribution in [0.5, 0.6) is 0 Å². The second-order valence-corrected chi connectivity index (χ2v) is 4.16. The Hall–Kier alpha value is -0.900. The van der Waals surface area contributed by atoms with E-state index in [1.807, 2.05) is 19.2 Å². The van der Waals surface area contributed by atoms with E-state index in [4.69, 9.17) is 5.73 Å². The molecule has 3 nitrogen and oxygen atoms in total. The summed E-state index contributed by atoms with van der Waals surface area (Å²) in [7, 11) is 0. The summed E-state index contributed by atoms with van der Waals surface area (Å²) < 4.78 is 0. The quantitative estimate of drug-likeness (QED) is 0.796. The third-order valence-electron chi connectivity index (χ3n) is 2.08. The van der Waals surface area contributed by atoms with E-state index in [1.165, 1.54) is 0 Å². The third kappa shape index (κ3) is 2.81. The van der Waals surface area contributed by atoms with Gasteiger partial charge in [-0.3, -0.25) is 4.79 Å². The highest BCUT2D eigenvalue weighted by Gasteiger charge is 2.20. The van der Waals surface area contributed by atoms with Crippen LogP contribution in [0.4, 0.5) is 0 Å². The zero-order valence-electron chi connectivity index (χ0n) is 7.86. The lowest BCUT2D eigenvalue weighted by Gasteiger charge is -2.15. The summed E-state index contributed by atoms with van der Waals surface area (Å²) in [5, 5.41) is 1.96. The van der Waals surface area contributed by atoms with Gasteiger partial charge in [0.25, 0.3) is 0 Å². The maximum atomic E-state index is 11.1. The Labute approximate surface area is 82.0 Å². The van der Waals surface area contributed by atoms with Gasteiger partial charge in [0, 0.05) is 17.7 Å². The largest absolute Gasteiger partial charge is 0.369 e. The Balaban J connectivity index is 2.63. The summed E-state index contributed by atoms with van der Waals surface area (Å²) >= 11 is 1.54. The van der Waals surface area contributed by atoms with E-state index in [9.17, 15) is 4.79 Å². The van der Waals surface area contributed by atoms with Gasteiger partial charge in [-0.05, 0) is 5.92 Å². The number of nitrogens with two attached hydrogens (primary N) is 1. The molecule has 0 bridgehead atoms. The van der Waals surface area contributed by atoms with E-state index in [2.05, 4.69) is 4.98 Å². The predicted molar refractivity (Wildman–Crippen MR) is 53.3 cm³/mol. The number of aromatic nitrogens is 1. The molecule has 0 radical (unpaired) electrons. The maximum Gasteiger partial charge on any atom is 0.221 e. The smallest absolute Gasteiger partial charge is 0.221 e. The van der Waals surface area contributed by atoms with E-state index in [0.717, 1.165) is 5.69 Å². The van der Waals surface area contributed by atoms with Crippen LogP contribution >= 0.6 is 11.3 Å². The van der Waals surface area contributed by atoms with Crippen molar-refractivity contribution in [2.45, 2.75) is 20.3 Å². The van der Waals surface area contributed by atoms with E-state index >= 15 is 0 Å². The van der Waals surface area contributed by atoms with Gasteiger partial charge in [0.2, 0.25) is 5.91 Å². The minimum atomic E-state index is -0.233. The second kappa shape index (κ2) is 4.37. The first kappa shape index (κ1) is 10.2. The van der Waals surface area contributed by atoms with E-state index in [-0.39, 0.29) is 17.7 Å². The normalized spacial score (nSPS) is 13.2. The Morgan fingerprint density at radius 3 is 2.77 bits per heavy atom. The van der Waals surface area contributed by atoms with Gasteiger partial charge in [-0.25, -0.2) is 4.98 Å². The van der Waals surface area contributed by atoms with Crippen molar-refractivity contribution < 1.29 is 4.79 Å². The first-order chi connectivity index (χ1) is 6.11. The highest BCUT2D eigenvalue weighted by Crippen LogP contribution is 2.16. The van der Waals surface area contributed by atoms with Crippen molar-refractivity contribution >= 4 is 17.2 Å². The summed E-state index contributed by atoms with van der Waals surface area (Å²) in [4.78, 5) is 15.2. The lowest BCUT2D eigenvalue weighted by Crippen LogP contribution is -2.29. The van der Waals surface area contributed by atoms with Crippen LogP contribution in [0.3, 0.4) is 0 Å². The molecule has 0 aliphatic rings. The van der Waals surface area contributed by atoms with Crippen LogP contribution in [0.1, 0.15) is 19.5 Å². The number of amides is 1. The average Bonchev–Trinajstić information content (AvgIpc) is 2.50. The molecule has 0 aliphatic heterocycles. The molecule has 13 heavy (non-hydrogen) atoms. The second-order valence-electron chi connectivity index (χ2n) is 3.44. The lowest BCUT2D eigenvalue weighted by atomic mass is 9.91. The van der Waals surface area contributed by atoms with Gasteiger partial charge in [0.15, 0.2) is 0 Å². The number of nitrogens with zero attached hydrogens (tertiary/aromatic N) is 1. The van der Waals surface area contributed by atoms with Gasteiger partial charge in [0.1, 0.15) is 0 Å². The molecule has 1 amide bonds. The molecule has 0 spiro atoms. The van der Waals surface area contributed by atoms with E-state index in [1.54, 1.807) is 16.8 Å². The molecule has 4 heteroatoms. The molecule has 1 atom stereocenters. The summed E-state index contributed by atoms with van der Waals surface area (Å²) in [5.41, 5.74) is 8.02. The van der Waals surface area contributed by atoms with Gasteiger partial charge >= 0.3 is 0 Å². The molecular formula is C9H14N2OS. The average molecular weight is 198 g/mol. The SMILES string of the molecule is CC(C)C(Cc1cscn1)C(N)=O. The number of rotatable bonds is 4. The topological polar surface area (TPSA) is 56.0 Å². The summed E-state index contributed by atoms with van der Waals surface area (Å²) in [6.45, 7) is 4.00. The molecule has 1 aromatic heterocycles. The minimum Gasteiger partial charge on any atom is -0.369 e. The molecule has 0 fully saturated rings. The van der Waals surface area contributed by atoms with Crippen LogP contribution in [0.15, 0.2) is 10.9 Å². The predicted octanol–water partition coefficient (Wildman–Crippen LogP) is 1.44. The Morgan fingerprint density at radius 1 is 1.69 bits per heavy atom. The first-order valence-corrected chi connectivity index (χ1v) is 5.22. The molecular weight excluding hydrogens is 184 g/mol. The van der Waals surface area contributed by atoms with Crippen molar-refractivity contribution in [3.63, 3.8) is 0 Å². The molecule has 0 aromatic carbocycles. The molecule has 0 saturated carbocycles. The van der Waals surface area contributed by atoms with Crippen molar-refractivity contribution in [1.82, 2.24) is 4.98 Å². The fraction of sp³-hybridized carbons (Fsp3) is 0.556. The number of primary amides is 1. The van der Waals surface area contributed by atoms with Crippen LogP contribution in [0.2, 0.25) is 0 Å². The molecule has 1 heterocycles. The van der Waals surface area contributed by atoms with Crippen molar-refractivity contribution in [3.8, 4) is 0 Å². The number of carbonyl (C=O) groups is 1. The van der Waals surface area contributed by atoms with Crippen LogP contribution < -0.4 is 5.73 Å². The minimum absolute atomic E-state index is 0.0953. The van der Waals surface area contributed by atoms with Crippen LogP contribution in [0.25, 0.3) is 0 Å². The highest BCUT2D eigenvalue weighted by molar-refractivity contribution is 7.07. The highest BCUT2D eigenvalue weighted by atomic mass is 32.1. The van der Waals surface area contributed by atoms with Crippen molar-refractivity contribution in [2.75, 3.05) is 0 Å². The van der Waals surface area contributed by atoms with Crippen LogP contribution in [-0.2, 0) is 11.2 Å². The standard InChI is InChI=1S/C9H14N2OS/c1-6(2)8(9(10)12)3-7-4-13-5-11-7/h4-6,8H,3H2,1-2H3,(H2,10,12). The first-order valence-electron chi connectivity index (χ1n) is 4.27. The van der Waals surface area contributed by atoms with Gasteiger partial charge < -0.3 is 5.73 Å². The summed E-state index contributed by atoms with van der Waals surface area (Å²) in [5.74, 6) is -0.0516. The van der Waals surface area contributed by atoms with Crippen molar-refractivity contribution in [2.24, 2.45) is 17.6 Å². The summed E-state index contributed by atoms with van der Waals surface area (Å²) in [6, 6.07) is 0. The van der Waals surface area contributed by atoms with Gasteiger partial charge in [-0.2, -0.15) is 0 Å². The molecule has 1 unspecified atom stereocenters. The van der Waals surface area contributed by atoms with E-state index in [0.29, 0.717) is 6.42 Å². The molecule has 0 saturated heterocycles. The fourth-order valence-electron chi connectivity index (χ4n) is 1.23. The molecule has 0 aliphatic carbocycles. The third-order valence-corrected chi connectivity index (χ3v) is 2.72. The van der Waals surface area contributed by atoms with Gasteiger partial charge in [-0.15, -0.1) is 11.3 Å². The van der Waals surface area contributed by atoms with Crippen molar-refractivity contribution in [1.29, 1.82) is 0 Å². The number of thiazole rings is 1. The molecule has 1 rings (SSSR count). The Bertz CT molecular complexity index is 269. The Morgan fingerprint density at radius 2 is 2.38 bits per heavy atom. The summed E-state index contributed by atoms with van der Waals surface area (Å²) in [6.07, 6.45) is 0.663. The van der Waals surface area contributed by atoms with Crippen LogP contribution in [0, 0.1) is 11.8 Å². The van der Waals surface area contributed by atoms with Crippen molar-refractivity contribution in [3.05, 3.63) is 16.6 Å². The molecule has 72 valence electrons. The monoisotopic (exact) mass is 198 g/mol. The number of carbonyl (C=O) groups excluding carboxylic acids is 1. The number of hydrogen-bond donors (Lipinski definition) is 1. The van der Waals surface area contributed by atoms with Crippen LogP contribution in [-0.4, -0.2) is 10.9 Å². The van der Waals surface area contributed by atoms with E-state index < -0.39 is 0 Å².